The van der Waals surface area contributed by atoms with Crippen molar-refractivity contribution >= 4 is 10.9 Å². The van der Waals surface area contributed by atoms with Crippen molar-refractivity contribution in [3.05, 3.63) is 77.4 Å². The van der Waals surface area contributed by atoms with Crippen LogP contribution in [0.15, 0.2) is 59.3 Å². The van der Waals surface area contributed by atoms with Crippen LogP contribution in [0.2, 0.25) is 0 Å². The van der Waals surface area contributed by atoms with E-state index in [1.165, 1.54) is 12.1 Å². The van der Waals surface area contributed by atoms with Crippen LogP contribution in [0.25, 0.3) is 22.2 Å². The number of halogens is 4. The molecule has 0 aliphatic heterocycles. The molecule has 144 valence electrons. The predicted octanol–water partition coefficient (Wildman–Crippen LogP) is 5.27. The van der Waals surface area contributed by atoms with Crippen molar-refractivity contribution in [3.63, 3.8) is 0 Å². The van der Waals surface area contributed by atoms with Crippen LogP contribution >= 0.6 is 0 Å². The zero-order valence-corrected chi connectivity index (χ0v) is 14.5. The number of hydrogen-bond donors (Lipinski definition) is 2. The van der Waals surface area contributed by atoms with E-state index >= 15 is 0 Å². The largest absolute Gasteiger partial charge is 0.419 e. The van der Waals surface area contributed by atoms with Gasteiger partial charge in [0.2, 0.25) is 0 Å². The van der Waals surface area contributed by atoms with Gasteiger partial charge in [-0.05, 0) is 29.8 Å². The Hall–Kier alpha value is -3.13. The summed E-state index contributed by atoms with van der Waals surface area (Å²) in [5.74, 6) is -0.854. The van der Waals surface area contributed by atoms with Gasteiger partial charge in [0.15, 0.2) is 5.76 Å². The lowest BCUT2D eigenvalue weighted by Crippen LogP contribution is -2.11. The lowest BCUT2D eigenvalue weighted by Gasteiger charge is -2.08. The number of hydrogen-bond acceptors (Lipinski definition) is 3. The average Bonchev–Trinajstić information content (AvgIpc) is 3.29. The number of benzene rings is 2. The monoisotopic (exact) mass is 389 g/mol. The van der Waals surface area contributed by atoms with Crippen LogP contribution in [0.4, 0.5) is 17.6 Å². The average molecular weight is 389 g/mol. The van der Waals surface area contributed by atoms with Crippen LogP contribution in [-0.4, -0.2) is 10.1 Å². The van der Waals surface area contributed by atoms with E-state index in [1.54, 1.807) is 0 Å². The summed E-state index contributed by atoms with van der Waals surface area (Å²) >= 11 is 0. The first-order valence-corrected chi connectivity index (χ1v) is 8.50. The molecule has 2 heterocycles. The van der Waals surface area contributed by atoms with Gasteiger partial charge in [0.1, 0.15) is 11.5 Å². The minimum Gasteiger partial charge on any atom is -0.361 e. The second kappa shape index (κ2) is 7.12. The molecule has 0 saturated carbocycles. The Labute approximate surface area is 157 Å². The maximum atomic E-state index is 13.4. The molecule has 0 fully saturated rings. The van der Waals surface area contributed by atoms with Crippen molar-refractivity contribution in [2.24, 2.45) is 0 Å². The number of fused-ring (bicyclic) bond motifs is 1. The van der Waals surface area contributed by atoms with Crippen LogP contribution < -0.4 is 5.32 Å². The number of aromatic amines is 1. The molecule has 0 atom stereocenters. The molecule has 0 spiro atoms. The summed E-state index contributed by atoms with van der Waals surface area (Å²) in [6.45, 7) is 0.925. The third-order valence-corrected chi connectivity index (χ3v) is 4.42. The molecular formula is C20H15F4N3O. The topological polar surface area (TPSA) is 53.9 Å². The van der Waals surface area contributed by atoms with Crippen molar-refractivity contribution in [2.45, 2.75) is 19.3 Å². The highest BCUT2D eigenvalue weighted by atomic mass is 19.4. The summed E-state index contributed by atoms with van der Waals surface area (Å²) in [4.78, 5) is 3.19. The van der Waals surface area contributed by atoms with Gasteiger partial charge in [-0.25, -0.2) is 4.39 Å². The highest BCUT2D eigenvalue weighted by molar-refractivity contribution is 5.82. The molecule has 0 bridgehead atoms. The number of nitrogens with zero attached hydrogens (tertiary/aromatic N) is 1. The molecule has 0 radical (unpaired) electrons. The Morgan fingerprint density at radius 2 is 1.86 bits per heavy atom. The fourth-order valence-corrected chi connectivity index (χ4v) is 3.03. The molecule has 4 rings (SSSR count). The summed E-state index contributed by atoms with van der Waals surface area (Å²) in [5.41, 5.74) is 1.16. The molecular weight excluding hydrogens is 374 g/mol. The molecule has 0 amide bonds. The van der Waals surface area contributed by atoms with Gasteiger partial charge < -0.3 is 14.8 Å². The van der Waals surface area contributed by atoms with Gasteiger partial charge in [-0.1, -0.05) is 23.4 Å². The third-order valence-electron chi connectivity index (χ3n) is 4.42. The Morgan fingerprint density at radius 3 is 2.68 bits per heavy atom. The van der Waals surface area contributed by atoms with Gasteiger partial charge in [-0.2, -0.15) is 13.2 Å². The normalized spacial score (nSPS) is 12.0. The first kappa shape index (κ1) is 18.2. The number of rotatable bonds is 5. The SMILES string of the molecule is Fc1ccc(-c2cc(CNCc3c[nH]c4ccccc34)on2)cc1C(F)(F)F. The highest BCUT2D eigenvalue weighted by Gasteiger charge is 2.34. The van der Waals surface area contributed by atoms with Crippen LogP contribution in [0.5, 0.6) is 0 Å². The second-order valence-electron chi connectivity index (χ2n) is 6.33. The van der Waals surface area contributed by atoms with Crippen LogP contribution in [0.3, 0.4) is 0 Å². The molecule has 2 aromatic carbocycles. The van der Waals surface area contributed by atoms with E-state index in [0.29, 0.717) is 18.8 Å². The Kier molecular flexibility index (Phi) is 4.64. The summed E-state index contributed by atoms with van der Waals surface area (Å²) in [6, 6.07) is 12.2. The van der Waals surface area contributed by atoms with Crippen molar-refractivity contribution in [1.82, 2.24) is 15.5 Å². The summed E-state index contributed by atoms with van der Waals surface area (Å²) in [7, 11) is 0. The Morgan fingerprint density at radius 1 is 1.04 bits per heavy atom. The van der Waals surface area contributed by atoms with Gasteiger partial charge in [-0.3, -0.25) is 0 Å². The molecule has 0 saturated heterocycles. The minimum atomic E-state index is -4.77. The first-order chi connectivity index (χ1) is 13.4. The van der Waals surface area contributed by atoms with E-state index in [0.717, 1.165) is 28.6 Å². The molecule has 0 unspecified atom stereocenters. The number of nitrogens with one attached hydrogen (secondary N) is 2. The Bertz CT molecular complexity index is 1110. The van der Waals surface area contributed by atoms with Crippen molar-refractivity contribution in [3.8, 4) is 11.3 Å². The van der Waals surface area contributed by atoms with Gasteiger partial charge >= 0.3 is 6.18 Å². The molecule has 28 heavy (non-hydrogen) atoms. The molecule has 4 aromatic rings. The number of aromatic nitrogens is 2. The van der Waals surface area contributed by atoms with Gasteiger partial charge in [0, 0.05) is 35.3 Å². The smallest absolute Gasteiger partial charge is 0.361 e. The fourth-order valence-electron chi connectivity index (χ4n) is 3.03. The summed E-state index contributed by atoms with van der Waals surface area (Å²) in [5, 5.41) is 8.12. The molecule has 2 N–H and O–H groups in total. The van der Waals surface area contributed by atoms with E-state index in [-0.39, 0.29) is 11.3 Å². The zero-order valence-electron chi connectivity index (χ0n) is 14.5. The van der Waals surface area contributed by atoms with Crippen molar-refractivity contribution < 1.29 is 22.1 Å². The number of para-hydroxylation sites is 1. The molecule has 0 aliphatic rings. The van der Waals surface area contributed by atoms with Crippen LogP contribution in [0.1, 0.15) is 16.9 Å². The number of H-pyrrole nitrogens is 1. The van der Waals surface area contributed by atoms with E-state index in [9.17, 15) is 17.6 Å². The van der Waals surface area contributed by atoms with E-state index in [2.05, 4.69) is 15.5 Å². The van der Waals surface area contributed by atoms with E-state index < -0.39 is 17.6 Å². The minimum absolute atomic E-state index is 0.139. The van der Waals surface area contributed by atoms with Gasteiger partial charge in [-0.15, -0.1) is 0 Å². The summed E-state index contributed by atoms with van der Waals surface area (Å²) < 4.78 is 57.2. The molecule has 4 nitrogen and oxygen atoms in total. The van der Waals surface area contributed by atoms with Crippen LogP contribution in [-0.2, 0) is 19.3 Å². The molecule has 2 aromatic heterocycles. The second-order valence-corrected chi connectivity index (χ2v) is 6.33. The molecule has 8 heteroatoms. The highest BCUT2D eigenvalue weighted by Crippen LogP contribution is 2.34. The fraction of sp³-hybridized carbons (Fsp3) is 0.150. The lowest BCUT2D eigenvalue weighted by atomic mass is 10.1. The molecule has 0 aliphatic carbocycles. The standard InChI is InChI=1S/C20H15F4N3O/c21-17-6-5-12(7-16(17)20(22,23)24)19-8-14(28-27-19)11-25-9-13-10-26-18-4-2-1-3-15(13)18/h1-8,10,25-26H,9,11H2. The quantitative estimate of drug-likeness (QED) is 0.457. The number of alkyl halides is 3. The van der Waals surface area contributed by atoms with E-state index in [1.807, 2.05) is 30.5 Å². The van der Waals surface area contributed by atoms with Crippen molar-refractivity contribution in [1.29, 1.82) is 0 Å². The van der Waals surface area contributed by atoms with Crippen molar-refractivity contribution in [2.75, 3.05) is 0 Å². The predicted molar refractivity (Wildman–Crippen MR) is 95.7 cm³/mol. The zero-order chi connectivity index (χ0) is 19.7. The van der Waals surface area contributed by atoms with E-state index in [4.69, 9.17) is 4.52 Å². The van der Waals surface area contributed by atoms with Gasteiger partial charge in [0.05, 0.1) is 12.1 Å². The summed E-state index contributed by atoms with van der Waals surface area (Å²) in [6.07, 6.45) is -2.85. The lowest BCUT2D eigenvalue weighted by molar-refractivity contribution is -0.139. The maximum Gasteiger partial charge on any atom is 0.419 e. The first-order valence-electron chi connectivity index (χ1n) is 8.50. The third kappa shape index (κ3) is 3.63. The van der Waals surface area contributed by atoms with Crippen LogP contribution in [0, 0.1) is 5.82 Å². The Balaban J connectivity index is 1.45. The van der Waals surface area contributed by atoms with Gasteiger partial charge in [0.25, 0.3) is 0 Å². The maximum absolute atomic E-state index is 13.4.